The minimum Gasteiger partial charge on any atom is -0.453 e. The largest absolute Gasteiger partial charge is 0.453 e. The van der Waals surface area contributed by atoms with Crippen molar-refractivity contribution in [3.05, 3.63) is 0 Å². The standard InChI is InChI=1S/C9H15NO4.CH3F/c1-13-9(12)10-8(6-11)7-2-4-14-5-3-7;1-2/h6-8H,2-5H2,1H3,(H,10,12);1H3. The monoisotopic (exact) mass is 235 g/mol. The van der Waals surface area contributed by atoms with Gasteiger partial charge in [0.1, 0.15) is 6.29 Å². The molecule has 1 aliphatic heterocycles. The Balaban J connectivity index is 0.00000106. The zero-order valence-electron chi connectivity index (χ0n) is 9.57. The number of nitrogens with one attached hydrogen (secondary N) is 1. The Labute approximate surface area is 94.3 Å². The molecule has 1 saturated heterocycles. The van der Waals surface area contributed by atoms with Gasteiger partial charge in [0.05, 0.1) is 20.3 Å². The van der Waals surface area contributed by atoms with E-state index in [4.69, 9.17) is 4.74 Å². The van der Waals surface area contributed by atoms with Crippen LogP contribution >= 0.6 is 0 Å². The summed E-state index contributed by atoms with van der Waals surface area (Å²) in [6, 6.07) is -0.452. The number of ether oxygens (including phenoxy) is 2. The Kier molecular flexibility index (Phi) is 8.42. The van der Waals surface area contributed by atoms with Gasteiger partial charge in [0.25, 0.3) is 0 Å². The first-order valence-electron chi connectivity index (χ1n) is 5.03. The molecule has 6 heteroatoms. The summed E-state index contributed by atoms with van der Waals surface area (Å²) in [5, 5.41) is 2.50. The molecule has 0 aromatic carbocycles. The fourth-order valence-electron chi connectivity index (χ4n) is 1.53. The smallest absolute Gasteiger partial charge is 0.407 e. The highest BCUT2D eigenvalue weighted by Crippen LogP contribution is 2.17. The van der Waals surface area contributed by atoms with Gasteiger partial charge in [-0.1, -0.05) is 0 Å². The number of hydrogen-bond donors (Lipinski definition) is 1. The Morgan fingerprint density at radius 1 is 1.50 bits per heavy atom. The van der Waals surface area contributed by atoms with Crippen LogP contribution in [0.1, 0.15) is 12.8 Å². The molecule has 1 amide bonds. The van der Waals surface area contributed by atoms with Crippen LogP contribution in [0.3, 0.4) is 0 Å². The molecule has 0 saturated carbocycles. The third kappa shape index (κ3) is 5.06. The van der Waals surface area contributed by atoms with Crippen LogP contribution in [-0.2, 0) is 14.3 Å². The van der Waals surface area contributed by atoms with E-state index in [1.807, 2.05) is 0 Å². The number of alkyl carbamates (subject to hydrolysis) is 1. The van der Waals surface area contributed by atoms with Crippen LogP contribution < -0.4 is 5.32 Å². The molecule has 0 aromatic rings. The summed E-state index contributed by atoms with van der Waals surface area (Å²) >= 11 is 0. The molecule has 1 heterocycles. The van der Waals surface area contributed by atoms with Crippen molar-refractivity contribution in [3.8, 4) is 0 Å². The predicted molar refractivity (Wildman–Crippen MR) is 56.0 cm³/mol. The number of hydrogen-bond acceptors (Lipinski definition) is 4. The normalized spacial score (nSPS) is 17.7. The number of alkyl halides is 1. The summed E-state index contributed by atoms with van der Waals surface area (Å²) < 4.78 is 19.1. The minimum atomic E-state index is -0.561. The lowest BCUT2D eigenvalue weighted by atomic mass is 9.93. The van der Waals surface area contributed by atoms with E-state index in [1.54, 1.807) is 0 Å². The molecule has 5 nitrogen and oxygen atoms in total. The second-order valence-corrected chi connectivity index (χ2v) is 3.25. The maximum atomic E-state index is 10.9. The van der Waals surface area contributed by atoms with Crippen molar-refractivity contribution in [3.63, 3.8) is 0 Å². The molecule has 0 bridgehead atoms. The number of aldehydes is 1. The van der Waals surface area contributed by atoms with Gasteiger partial charge in [-0.3, -0.25) is 4.39 Å². The fourth-order valence-corrected chi connectivity index (χ4v) is 1.53. The van der Waals surface area contributed by atoms with Crippen LogP contribution in [0.5, 0.6) is 0 Å². The lowest BCUT2D eigenvalue weighted by Crippen LogP contribution is -2.43. The van der Waals surface area contributed by atoms with Crippen molar-refractivity contribution in [2.24, 2.45) is 5.92 Å². The third-order valence-corrected chi connectivity index (χ3v) is 2.39. The molecule has 1 unspecified atom stereocenters. The maximum Gasteiger partial charge on any atom is 0.407 e. The number of rotatable bonds is 3. The first-order valence-corrected chi connectivity index (χ1v) is 5.03. The third-order valence-electron chi connectivity index (χ3n) is 2.39. The highest BCUT2D eigenvalue weighted by molar-refractivity contribution is 5.73. The van der Waals surface area contributed by atoms with E-state index < -0.39 is 12.1 Å². The van der Waals surface area contributed by atoms with Crippen molar-refractivity contribution >= 4 is 12.4 Å². The SMILES string of the molecule is CF.COC(=O)NC(C=O)C1CCOCC1. The topological polar surface area (TPSA) is 64.6 Å². The summed E-state index contributed by atoms with van der Waals surface area (Å²) in [6.45, 7) is 1.30. The molecule has 1 aliphatic rings. The van der Waals surface area contributed by atoms with Gasteiger partial charge in [0, 0.05) is 13.2 Å². The number of amides is 1. The number of methoxy groups -OCH3 is 1. The van der Waals surface area contributed by atoms with Gasteiger partial charge >= 0.3 is 6.09 Å². The Morgan fingerprint density at radius 2 is 2.06 bits per heavy atom. The van der Waals surface area contributed by atoms with E-state index >= 15 is 0 Å². The van der Waals surface area contributed by atoms with Gasteiger partial charge in [-0.05, 0) is 18.8 Å². The van der Waals surface area contributed by atoms with E-state index in [9.17, 15) is 14.0 Å². The zero-order valence-corrected chi connectivity index (χ0v) is 9.57. The molecule has 0 radical (unpaired) electrons. The van der Waals surface area contributed by atoms with E-state index in [0.29, 0.717) is 20.4 Å². The summed E-state index contributed by atoms with van der Waals surface area (Å²) in [6.07, 6.45) is 1.79. The van der Waals surface area contributed by atoms with Gasteiger partial charge in [-0.2, -0.15) is 0 Å². The number of carbonyl (C=O) groups excluding carboxylic acids is 2. The van der Waals surface area contributed by atoms with E-state index in [-0.39, 0.29) is 5.92 Å². The van der Waals surface area contributed by atoms with Crippen molar-refractivity contribution in [2.75, 3.05) is 27.5 Å². The highest BCUT2D eigenvalue weighted by atomic mass is 19.1. The molecular weight excluding hydrogens is 217 g/mol. The van der Waals surface area contributed by atoms with Crippen LogP contribution in [-0.4, -0.2) is 45.9 Å². The summed E-state index contributed by atoms with van der Waals surface area (Å²) in [7, 11) is 1.78. The molecule has 1 fully saturated rings. The zero-order chi connectivity index (χ0) is 12.4. The van der Waals surface area contributed by atoms with E-state index in [2.05, 4.69) is 10.1 Å². The molecular formula is C10H18FNO4. The van der Waals surface area contributed by atoms with Crippen molar-refractivity contribution in [2.45, 2.75) is 18.9 Å². The van der Waals surface area contributed by atoms with Gasteiger partial charge < -0.3 is 19.6 Å². The summed E-state index contributed by atoms with van der Waals surface area (Å²) in [5.74, 6) is 0.167. The average Bonchev–Trinajstić information content (AvgIpc) is 2.39. The lowest BCUT2D eigenvalue weighted by Gasteiger charge is -2.26. The van der Waals surface area contributed by atoms with Gasteiger partial charge in [-0.25, -0.2) is 4.79 Å². The molecule has 0 spiro atoms. The summed E-state index contributed by atoms with van der Waals surface area (Å²) in [4.78, 5) is 21.6. The molecule has 1 N–H and O–H groups in total. The minimum absolute atomic E-state index is 0.167. The number of halogens is 1. The first kappa shape index (κ1) is 14.8. The van der Waals surface area contributed by atoms with Crippen LogP contribution in [0.25, 0.3) is 0 Å². The van der Waals surface area contributed by atoms with Crippen molar-refractivity contribution in [1.29, 1.82) is 0 Å². The molecule has 16 heavy (non-hydrogen) atoms. The molecule has 0 aromatic heterocycles. The molecule has 0 aliphatic carbocycles. The van der Waals surface area contributed by atoms with Gasteiger partial charge in [0.15, 0.2) is 0 Å². The van der Waals surface area contributed by atoms with Crippen molar-refractivity contribution in [1.82, 2.24) is 5.32 Å². The van der Waals surface area contributed by atoms with Crippen molar-refractivity contribution < 1.29 is 23.5 Å². The Morgan fingerprint density at radius 3 is 2.50 bits per heavy atom. The average molecular weight is 235 g/mol. The van der Waals surface area contributed by atoms with Gasteiger partial charge in [-0.15, -0.1) is 0 Å². The Bertz CT molecular complexity index is 207. The highest BCUT2D eigenvalue weighted by Gasteiger charge is 2.25. The lowest BCUT2D eigenvalue weighted by molar-refractivity contribution is -0.111. The molecule has 94 valence electrons. The van der Waals surface area contributed by atoms with Crippen LogP contribution in [0.15, 0.2) is 0 Å². The molecule has 1 atom stereocenters. The quantitative estimate of drug-likeness (QED) is 0.739. The summed E-state index contributed by atoms with van der Waals surface area (Å²) in [5.41, 5.74) is 0. The Hall–Kier alpha value is -1.17. The number of carbonyl (C=O) groups is 2. The second kappa shape index (κ2) is 9.08. The van der Waals surface area contributed by atoms with Crippen LogP contribution in [0, 0.1) is 5.92 Å². The first-order chi connectivity index (χ1) is 7.77. The fraction of sp³-hybridized carbons (Fsp3) is 0.800. The second-order valence-electron chi connectivity index (χ2n) is 3.25. The van der Waals surface area contributed by atoms with Crippen LogP contribution in [0.4, 0.5) is 9.18 Å². The maximum absolute atomic E-state index is 10.9. The molecule has 1 rings (SSSR count). The predicted octanol–water partition coefficient (Wildman–Crippen LogP) is 0.922. The van der Waals surface area contributed by atoms with E-state index in [0.717, 1.165) is 19.1 Å². The van der Waals surface area contributed by atoms with Crippen LogP contribution in [0.2, 0.25) is 0 Å². The van der Waals surface area contributed by atoms with Gasteiger partial charge in [0.2, 0.25) is 0 Å². The van der Waals surface area contributed by atoms with E-state index in [1.165, 1.54) is 7.11 Å².